The van der Waals surface area contributed by atoms with Gasteiger partial charge in [0.05, 0.1) is 12.0 Å². The van der Waals surface area contributed by atoms with Crippen LogP contribution in [0.25, 0.3) is 0 Å². The minimum atomic E-state index is 0.921. The van der Waals surface area contributed by atoms with E-state index < -0.39 is 0 Å². The van der Waals surface area contributed by atoms with Crippen LogP contribution in [0.5, 0.6) is 0 Å². The molecule has 2 rings (SSSR count). The number of thioether (sulfide) groups is 1. The number of imidazole rings is 1. The molecule has 5 heteroatoms. The van der Waals surface area contributed by atoms with E-state index in [2.05, 4.69) is 40.2 Å². The maximum atomic E-state index is 4.27. The van der Waals surface area contributed by atoms with Crippen LogP contribution in [-0.2, 0) is 5.75 Å². The standard InChI is InChI=1S/C13H18N4S/c1-10-3-4-14-13(7-10)15-5-6-18-8-12-11(2)16-9-17-12/h3-4,7,9H,5-6,8H2,1-2H3,(H,14,15)(H,16,17). The van der Waals surface area contributed by atoms with E-state index in [1.807, 2.05) is 24.0 Å². The summed E-state index contributed by atoms with van der Waals surface area (Å²) in [6, 6.07) is 4.06. The Morgan fingerprint density at radius 2 is 2.22 bits per heavy atom. The van der Waals surface area contributed by atoms with Gasteiger partial charge in [0.2, 0.25) is 0 Å². The molecule has 2 aromatic rings. The van der Waals surface area contributed by atoms with Crippen molar-refractivity contribution >= 4 is 17.6 Å². The number of hydrogen-bond acceptors (Lipinski definition) is 4. The number of aromatic nitrogens is 3. The van der Waals surface area contributed by atoms with Gasteiger partial charge in [0.1, 0.15) is 5.82 Å². The quantitative estimate of drug-likeness (QED) is 0.786. The van der Waals surface area contributed by atoms with Crippen LogP contribution in [-0.4, -0.2) is 27.2 Å². The first-order valence-corrected chi connectivity index (χ1v) is 7.14. The van der Waals surface area contributed by atoms with Crippen LogP contribution in [0, 0.1) is 13.8 Å². The number of nitrogens with one attached hydrogen (secondary N) is 2. The normalized spacial score (nSPS) is 10.6. The molecule has 0 spiro atoms. The second-order valence-corrected chi connectivity index (χ2v) is 5.28. The number of rotatable bonds is 6. The maximum Gasteiger partial charge on any atom is 0.126 e. The molecule has 0 saturated carbocycles. The molecule has 2 N–H and O–H groups in total. The SMILES string of the molecule is Cc1ccnc(NCCSCc2nc[nH]c2C)c1. The summed E-state index contributed by atoms with van der Waals surface area (Å²) in [5.41, 5.74) is 3.54. The van der Waals surface area contributed by atoms with Crippen LogP contribution >= 0.6 is 11.8 Å². The van der Waals surface area contributed by atoms with Crippen molar-refractivity contribution in [1.29, 1.82) is 0 Å². The van der Waals surface area contributed by atoms with E-state index in [0.717, 1.165) is 35.3 Å². The van der Waals surface area contributed by atoms with Crippen molar-refractivity contribution in [2.45, 2.75) is 19.6 Å². The summed E-state index contributed by atoms with van der Waals surface area (Å²) in [7, 11) is 0. The Balaban J connectivity index is 1.66. The largest absolute Gasteiger partial charge is 0.369 e. The predicted octanol–water partition coefficient (Wildman–Crippen LogP) is 2.77. The van der Waals surface area contributed by atoms with Gasteiger partial charge in [-0.3, -0.25) is 0 Å². The van der Waals surface area contributed by atoms with Gasteiger partial charge in [-0.15, -0.1) is 0 Å². The Bertz CT molecular complexity index is 495. The van der Waals surface area contributed by atoms with Crippen LogP contribution in [0.1, 0.15) is 17.0 Å². The molecule has 0 bridgehead atoms. The fraction of sp³-hybridized carbons (Fsp3) is 0.385. The number of aryl methyl sites for hydroxylation is 2. The third-order valence-electron chi connectivity index (χ3n) is 2.64. The molecular weight excluding hydrogens is 244 g/mol. The highest BCUT2D eigenvalue weighted by molar-refractivity contribution is 7.98. The summed E-state index contributed by atoms with van der Waals surface area (Å²) in [5.74, 6) is 2.95. The van der Waals surface area contributed by atoms with Crippen LogP contribution in [0.3, 0.4) is 0 Å². The summed E-state index contributed by atoms with van der Waals surface area (Å²) in [6.07, 6.45) is 3.58. The lowest BCUT2D eigenvalue weighted by Crippen LogP contribution is -2.05. The van der Waals surface area contributed by atoms with E-state index in [9.17, 15) is 0 Å². The molecular formula is C13H18N4S. The molecule has 0 aliphatic carbocycles. The molecule has 0 saturated heterocycles. The molecule has 0 amide bonds. The van der Waals surface area contributed by atoms with Gasteiger partial charge in [0, 0.05) is 29.9 Å². The minimum Gasteiger partial charge on any atom is -0.369 e. The lowest BCUT2D eigenvalue weighted by atomic mass is 10.3. The van der Waals surface area contributed by atoms with E-state index >= 15 is 0 Å². The highest BCUT2D eigenvalue weighted by Crippen LogP contribution is 2.12. The summed E-state index contributed by atoms with van der Waals surface area (Å²) < 4.78 is 0. The molecule has 2 heterocycles. The topological polar surface area (TPSA) is 53.6 Å². The van der Waals surface area contributed by atoms with Crippen molar-refractivity contribution in [3.05, 3.63) is 41.6 Å². The zero-order valence-corrected chi connectivity index (χ0v) is 11.5. The monoisotopic (exact) mass is 262 g/mol. The lowest BCUT2D eigenvalue weighted by molar-refractivity contribution is 1.15. The number of nitrogens with zero attached hydrogens (tertiary/aromatic N) is 2. The van der Waals surface area contributed by atoms with E-state index in [1.54, 1.807) is 6.33 Å². The fourth-order valence-corrected chi connectivity index (χ4v) is 2.46. The van der Waals surface area contributed by atoms with Crippen molar-refractivity contribution < 1.29 is 0 Å². The Morgan fingerprint density at radius 1 is 1.33 bits per heavy atom. The van der Waals surface area contributed by atoms with Crippen molar-refractivity contribution in [1.82, 2.24) is 15.0 Å². The first kappa shape index (κ1) is 13.0. The zero-order chi connectivity index (χ0) is 12.8. The average molecular weight is 262 g/mol. The number of aromatic amines is 1. The van der Waals surface area contributed by atoms with Gasteiger partial charge in [-0.2, -0.15) is 11.8 Å². The highest BCUT2D eigenvalue weighted by atomic mass is 32.2. The van der Waals surface area contributed by atoms with Crippen LogP contribution in [0.2, 0.25) is 0 Å². The van der Waals surface area contributed by atoms with Crippen molar-refractivity contribution in [2.24, 2.45) is 0 Å². The summed E-state index contributed by atoms with van der Waals surface area (Å²) in [5, 5.41) is 3.32. The summed E-state index contributed by atoms with van der Waals surface area (Å²) in [4.78, 5) is 11.6. The van der Waals surface area contributed by atoms with E-state index in [0.29, 0.717) is 0 Å². The van der Waals surface area contributed by atoms with E-state index in [4.69, 9.17) is 0 Å². The molecule has 0 radical (unpaired) electrons. The molecule has 2 aromatic heterocycles. The van der Waals surface area contributed by atoms with Gasteiger partial charge in [-0.05, 0) is 31.5 Å². The third-order valence-corrected chi connectivity index (χ3v) is 3.61. The number of H-pyrrole nitrogens is 1. The highest BCUT2D eigenvalue weighted by Gasteiger charge is 2.00. The van der Waals surface area contributed by atoms with Crippen LogP contribution in [0.4, 0.5) is 5.82 Å². The predicted molar refractivity (Wildman–Crippen MR) is 77.0 cm³/mol. The third kappa shape index (κ3) is 3.77. The Hall–Kier alpha value is -1.49. The molecule has 0 unspecified atom stereocenters. The Kier molecular flexibility index (Phi) is 4.64. The number of anilines is 1. The second-order valence-electron chi connectivity index (χ2n) is 4.17. The van der Waals surface area contributed by atoms with Crippen LogP contribution in [0.15, 0.2) is 24.7 Å². The molecule has 0 fully saturated rings. The second kappa shape index (κ2) is 6.44. The summed E-state index contributed by atoms with van der Waals surface area (Å²) in [6.45, 7) is 5.05. The smallest absolute Gasteiger partial charge is 0.126 e. The maximum absolute atomic E-state index is 4.27. The van der Waals surface area contributed by atoms with Crippen LogP contribution < -0.4 is 5.32 Å². The van der Waals surface area contributed by atoms with Crippen molar-refractivity contribution in [2.75, 3.05) is 17.6 Å². The first-order chi connectivity index (χ1) is 8.75. The van der Waals surface area contributed by atoms with Gasteiger partial charge >= 0.3 is 0 Å². The summed E-state index contributed by atoms with van der Waals surface area (Å²) >= 11 is 1.88. The van der Waals surface area contributed by atoms with Crippen molar-refractivity contribution in [3.63, 3.8) is 0 Å². The van der Waals surface area contributed by atoms with Gasteiger partial charge in [-0.1, -0.05) is 0 Å². The van der Waals surface area contributed by atoms with Crippen molar-refractivity contribution in [3.8, 4) is 0 Å². The molecule has 0 aliphatic rings. The minimum absolute atomic E-state index is 0.921. The first-order valence-electron chi connectivity index (χ1n) is 5.99. The van der Waals surface area contributed by atoms with Gasteiger partial charge < -0.3 is 10.3 Å². The molecule has 96 valence electrons. The molecule has 0 atom stereocenters. The van der Waals surface area contributed by atoms with E-state index in [1.165, 1.54) is 5.56 Å². The van der Waals surface area contributed by atoms with Gasteiger partial charge in [0.15, 0.2) is 0 Å². The zero-order valence-electron chi connectivity index (χ0n) is 10.7. The van der Waals surface area contributed by atoms with Gasteiger partial charge in [-0.25, -0.2) is 9.97 Å². The number of pyridine rings is 1. The molecule has 0 aliphatic heterocycles. The molecule has 4 nitrogen and oxygen atoms in total. The Labute approximate surface area is 112 Å². The molecule has 0 aromatic carbocycles. The lowest BCUT2D eigenvalue weighted by Gasteiger charge is -2.05. The average Bonchev–Trinajstić information content (AvgIpc) is 2.75. The molecule has 18 heavy (non-hydrogen) atoms. The van der Waals surface area contributed by atoms with E-state index in [-0.39, 0.29) is 0 Å². The number of hydrogen-bond donors (Lipinski definition) is 2. The fourth-order valence-electron chi connectivity index (χ4n) is 1.59. The van der Waals surface area contributed by atoms with Gasteiger partial charge in [0.25, 0.3) is 0 Å². The Morgan fingerprint density at radius 3 is 2.94 bits per heavy atom.